The highest BCUT2D eigenvalue weighted by Gasteiger charge is 2.09. The predicted molar refractivity (Wildman–Crippen MR) is 47.2 cm³/mol. The Bertz CT molecular complexity index is 135. The molecule has 0 saturated carbocycles. The van der Waals surface area contributed by atoms with Crippen molar-refractivity contribution in [1.29, 1.82) is 5.26 Å². The molecule has 0 radical (unpaired) electrons. The normalized spacial score (nSPS) is 13.5. The first-order valence-electron chi connectivity index (χ1n) is 4.25. The monoisotopic (exact) mass is 154 g/mol. The van der Waals surface area contributed by atoms with Gasteiger partial charge in [-0.1, -0.05) is 6.92 Å². The van der Waals surface area contributed by atoms with E-state index in [1.165, 1.54) is 0 Å². The lowest BCUT2D eigenvalue weighted by atomic mass is 10.2. The van der Waals surface area contributed by atoms with Crippen LogP contribution in [0, 0.1) is 17.2 Å². The minimum atomic E-state index is 0.150. The molecular weight excluding hydrogens is 136 g/mol. The number of nitrogens with zero attached hydrogens (tertiary/aromatic N) is 2. The van der Waals surface area contributed by atoms with Crippen LogP contribution in [0.5, 0.6) is 0 Å². The van der Waals surface area contributed by atoms with E-state index < -0.39 is 0 Å². The molecule has 0 aliphatic rings. The molecule has 0 aromatic heterocycles. The maximum Gasteiger partial charge on any atom is 0.0666 e. The van der Waals surface area contributed by atoms with Crippen LogP contribution in [0.4, 0.5) is 0 Å². The van der Waals surface area contributed by atoms with Gasteiger partial charge in [0.2, 0.25) is 0 Å². The first kappa shape index (κ1) is 10.4. The molecule has 0 heterocycles. The van der Waals surface area contributed by atoms with Crippen LogP contribution in [0.3, 0.4) is 0 Å². The van der Waals surface area contributed by atoms with Crippen LogP contribution in [0.2, 0.25) is 0 Å². The molecule has 0 fully saturated rings. The van der Waals surface area contributed by atoms with Crippen molar-refractivity contribution in [3.05, 3.63) is 0 Å². The van der Waals surface area contributed by atoms with Crippen molar-refractivity contribution in [2.24, 2.45) is 5.92 Å². The fourth-order valence-corrected chi connectivity index (χ4v) is 1.10. The minimum Gasteiger partial charge on any atom is -0.300 e. The van der Waals surface area contributed by atoms with E-state index in [2.05, 4.69) is 31.7 Å². The molecule has 0 N–H and O–H groups in total. The Morgan fingerprint density at radius 3 is 2.18 bits per heavy atom. The first-order chi connectivity index (χ1) is 5.11. The summed E-state index contributed by atoms with van der Waals surface area (Å²) >= 11 is 0. The van der Waals surface area contributed by atoms with Gasteiger partial charge in [-0.25, -0.2) is 0 Å². The molecule has 0 aliphatic heterocycles. The summed E-state index contributed by atoms with van der Waals surface area (Å²) in [6.07, 6.45) is 0. The van der Waals surface area contributed by atoms with Crippen molar-refractivity contribution in [2.45, 2.75) is 33.7 Å². The molecule has 11 heavy (non-hydrogen) atoms. The SMILES string of the molecule is CCN(CC(C)C#N)C(C)C. The summed E-state index contributed by atoms with van der Waals surface area (Å²) in [6.45, 7) is 10.3. The highest BCUT2D eigenvalue weighted by atomic mass is 15.1. The van der Waals surface area contributed by atoms with Crippen molar-refractivity contribution in [2.75, 3.05) is 13.1 Å². The first-order valence-corrected chi connectivity index (χ1v) is 4.25. The van der Waals surface area contributed by atoms with Gasteiger partial charge in [-0.2, -0.15) is 5.26 Å². The predicted octanol–water partition coefficient (Wildman–Crippen LogP) is 1.88. The van der Waals surface area contributed by atoms with Crippen molar-refractivity contribution in [3.63, 3.8) is 0 Å². The summed E-state index contributed by atoms with van der Waals surface area (Å²) < 4.78 is 0. The third-order valence-corrected chi connectivity index (χ3v) is 1.87. The van der Waals surface area contributed by atoms with Crippen molar-refractivity contribution in [3.8, 4) is 6.07 Å². The van der Waals surface area contributed by atoms with Gasteiger partial charge in [0.1, 0.15) is 0 Å². The van der Waals surface area contributed by atoms with Crippen molar-refractivity contribution in [1.82, 2.24) is 4.90 Å². The Labute approximate surface area is 69.8 Å². The second-order valence-corrected chi connectivity index (χ2v) is 3.21. The van der Waals surface area contributed by atoms with Gasteiger partial charge in [0.05, 0.1) is 12.0 Å². The van der Waals surface area contributed by atoms with E-state index in [1.54, 1.807) is 0 Å². The average molecular weight is 154 g/mol. The van der Waals surface area contributed by atoms with Gasteiger partial charge in [0.25, 0.3) is 0 Å². The zero-order valence-electron chi connectivity index (χ0n) is 7.96. The maximum atomic E-state index is 8.58. The van der Waals surface area contributed by atoms with E-state index in [0.29, 0.717) is 6.04 Å². The number of hydrogen-bond acceptors (Lipinski definition) is 2. The number of nitriles is 1. The molecule has 0 rings (SSSR count). The molecule has 0 saturated heterocycles. The summed E-state index contributed by atoms with van der Waals surface area (Å²) in [7, 11) is 0. The zero-order valence-corrected chi connectivity index (χ0v) is 7.96. The third-order valence-electron chi connectivity index (χ3n) is 1.87. The third kappa shape index (κ3) is 4.00. The Hall–Kier alpha value is -0.550. The van der Waals surface area contributed by atoms with E-state index in [4.69, 9.17) is 5.26 Å². The molecule has 0 bridgehead atoms. The minimum absolute atomic E-state index is 0.150. The Kier molecular flexibility index (Phi) is 4.89. The molecule has 1 atom stereocenters. The Morgan fingerprint density at radius 2 is 1.91 bits per heavy atom. The van der Waals surface area contributed by atoms with E-state index in [-0.39, 0.29) is 5.92 Å². The van der Waals surface area contributed by atoms with Crippen LogP contribution in [-0.2, 0) is 0 Å². The van der Waals surface area contributed by atoms with E-state index in [9.17, 15) is 0 Å². The molecule has 64 valence electrons. The maximum absolute atomic E-state index is 8.58. The summed E-state index contributed by atoms with van der Waals surface area (Å²) in [5, 5.41) is 8.58. The topological polar surface area (TPSA) is 27.0 Å². The summed E-state index contributed by atoms with van der Waals surface area (Å²) in [5.41, 5.74) is 0. The van der Waals surface area contributed by atoms with Crippen LogP contribution in [-0.4, -0.2) is 24.0 Å². The molecule has 1 unspecified atom stereocenters. The fraction of sp³-hybridized carbons (Fsp3) is 0.889. The Balaban J connectivity index is 3.80. The molecular formula is C9H18N2. The lowest BCUT2D eigenvalue weighted by Crippen LogP contribution is -2.34. The summed E-state index contributed by atoms with van der Waals surface area (Å²) in [5.74, 6) is 0.150. The Morgan fingerprint density at radius 1 is 1.36 bits per heavy atom. The standard InChI is InChI=1S/C9H18N2/c1-5-11(8(2)3)7-9(4)6-10/h8-9H,5,7H2,1-4H3. The van der Waals surface area contributed by atoms with Gasteiger partial charge in [0, 0.05) is 12.6 Å². The van der Waals surface area contributed by atoms with Crippen LogP contribution in [0.1, 0.15) is 27.7 Å². The van der Waals surface area contributed by atoms with Gasteiger partial charge < -0.3 is 0 Å². The second kappa shape index (κ2) is 5.15. The van der Waals surface area contributed by atoms with Crippen LogP contribution in [0.25, 0.3) is 0 Å². The van der Waals surface area contributed by atoms with Gasteiger partial charge in [-0.3, -0.25) is 4.90 Å². The highest BCUT2D eigenvalue weighted by molar-refractivity contribution is 4.81. The second-order valence-electron chi connectivity index (χ2n) is 3.21. The summed E-state index contributed by atoms with van der Waals surface area (Å²) in [6, 6.07) is 2.79. The molecule has 0 aromatic rings. The molecule has 2 nitrogen and oxygen atoms in total. The van der Waals surface area contributed by atoms with Gasteiger partial charge >= 0.3 is 0 Å². The van der Waals surface area contributed by atoms with Crippen LogP contribution in [0.15, 0.2) is 0 Å². The van der Waals surface area contributed by atoms with Gasteiger partial charge in [-0.05, 0) is 27.3 Å². The molecule has 0 spiro atoms. The van der Waals surface area contributed by atoms with Crippen molar-refractivity contribution < 1.29 is 0 Å². The lowest BCUT2D eigenvalue weighted by Gasteiger charge is -2.25. The highest BCUT2D eigenvalue weighted by Crippen LogP contribution is 2.02. The quantitative estimate of drug-likeness (QED) is 0.618. The van der Waals surface area contributed by atoms with Crippen LogP contribution < -0.4 is 0 Å². The number of hydrogen-bond donors (Lipinski definition) is 0. The molecule has 0 amide bonds. The zero-order chi connectivity index (χ0) is 8.85. The van der Waals surface area contributed by atoms with Crippen LogP contribution >= 0.6 is 0 Å². The average Bonchev–Trinajstić information content (AvgIpc) is 1.99. The van der Waals surface area contributed by atoms with Crippen molar-refractivity contribution >= 4 is 0 Å². The largest absolute Gasteiger partial charge is 0.300 e. The number of rotatable bonds is 4. The summed E-state index contributed by atoms with van der Waals surface area (Å²) in [4.78, 5) is 2.30. The van der Waals surface area contributed by atoms with E-state index in [0.717, 1.165) is 13.1 Å². The fourth-order valence-electron chi connectivity index (χ4n) is 1.10. The van der Waals surface area contributed by atoms with E-state index >= 15 is 0 Å². The molecule has 0 aromatic carbocycles. The van der Waals surface area contributed by atoms with Gasteiger partial charge in [-0.15, -0.1) is 0 Å². The van der Waals surface area contributed by atoms with Gasteiger partial charge in [0.15, 0.2) is 0 Å². The smallest absolute Gasteiger partial charge is 0.0666 e. The van der Waals surface area contributed by atoms with E-state index in [1.807, 2.05) is 6.92 Å². The molecule has 0 aliphatic carbocycles. The lowest BCUT2D eigenvalue weighted by molar-refractivity contribution is 0.218. The molecule has 2 heteroatoms.